The van der Waals surface area contributed by atoms with Crippen LogP contribution in [0.1, 0.15) is 50.5 Å². The number of rotatable bonds is 5. The summed E-state index contributed by atoms with van der Waals surface area (Å²) in [7, 11) is 0. The lowest BCUT2D eigenvalue weighted by atomic mass is 9.95. The van der Waals surface area contributed by atoms with Gasteiger partial charge in [0.05, 0.1) is 22.3 Å². The van der Waals surface area contributed by atoms with Gasteiger partial charge in [0.2, 0.25) is 0 Å². The Morgan fingerprint density at radius 3 is 2.86 bits per heavy atom. The third-order valence-electron chi connectivity index (χ3n) is 9.64. The topological polar surface area (TPSA) is 68.5 Å². The second-order valence-corrected chi connectivity index (χ2v) is 12.6. The van der Waals surface area contributed by atoms with E-state index in [9.17, 15) is 9.65 Å². The summed E-state index contributed by atoms with van der Waals surface area (Å²) in [6.07, 6.45) is 5.58. The monoisotopic (exact) mass is 592 g/mol. The van der Waals surface area contributed by atoms with Gasteiger partial charge >= 0.3 is 6.01 Å². The van der Waals surface area contributed by atoms with Crippen molar-refractivity contribution >= 4 is 39.7 Å². The smallest absolute Gasteiger partial charge is 0.319 e. The molecular formula is C32H35ClF2N6O. The molecule has 220 valence electrons. The molecule has 5 heterocycles. The largest absolute Gasteiger partial charge is 0.461 e. The van der Waals surface area contributed by atoms with Crippen molar-refractivity contribution in [3.8, 4) is 12.1 Å². The van der Waals surface area contributed by atoms with Crippen LogP contribution in [0.5, 0.6) is 6.01 Å². The summed E-state index contributed by atoms with van der Waals surface area (Å²) in [4.78, 5) is 15.7. The molecule has 1 aromatic heterocycles. The highest BCUT2D eigenvalue weighted by atomic mass is 35.5. The zero-order chi connectivity index (χ0) is 28.8. The Morgan fingerprint density at radius 1 is 1.10 bits per heavy atom. The number of para-hydroxylation sites is 1. The first-order valence-corrected chi connectivity index (χ1v) is 15.6. The van der Waals surface area contributed by atoms with Gasteiger partial charge in [-0.2, -0.15) is 15.2 Å². The van der Waals surface area contributed by atoms with E-state index < -0.39 is 12.0 Å². The van der Waals surface area contributed by atoms with Crippen LogP contribution >= 0.6 is 11.6 Å². The number of ether oxygens (including phenoxy) is 1. The summed E-state index contributed by atoms with van der Waals surface area (Å²) in [5.41, 5.74) is 2.21. The number of anilines is 3. The molecular weight excluding hydrogens is 558 g/mol. The van der Waals surface area contributed by atoms with Crippen LogP contribution in [0, 0.1) is 23.1 Å². The van der Waals surface area contributed by atoms with Crippen LogP contribution in [-0.4, -0.2) is 65.9 Å². The van der Waals surface area contributed by atoms with Crippen LogP contribution in [0.15, 0.2) is 30.3 Å². The lowest BCUT2D eigenvalue weighted by Crippen LogP contribution is -2.43. The van der Waals surface area contributed by atoms with E-state index in [1.807, 2.05) is 23.1 Å². The van der Waals surface area contributed by atoms with Gasteiger partial charge in [0.15, 0.2) is 5.82 Å². The highest BCUT2D eigenvalue weighted by Crippen LogP contribution is 2.44. The van der Waals surface area contributed by atoms with E-state index in [4.69, 9.17) is 21.3 Å². The van der Waals surface area contributed by atoms with E-state index in [-0.39, 0.29) is 29.6 Å². The van der Waals surface area contributed by atoms with Crippen molar-refractivity contribution in [2.45, 2.75) is 63.1 Å². The van der Waals surface area contributed by atoms with Crippen molar-refractivity contribution in [2.75, 3.05) is 49.1 Å². The Kier molecular flexibility index (Phi) is 7.31. The first-order chi connectivity index (χ1) is 20.5. The number of aromatic nitrogens is 2. The maximum atomic E-state index is 16.7. The predicted octanol–water partition coefficient (Wildman–Crippen LogP) is 6.59. The average molecular weight is 593 g/mol. The van der Waals surface area contributed by atoms with E-state index in [0.717, 1.165) is 56.3 Å². The summed E-state index contributed by atoms with van der Waals surface area (Å²) in [6.45, 7) is 3.49. The number of halogens is 3. The van der Waals surface area contributed by atoms with Gasteiger partial charge in [0, 0.05) is 49.6 Å². The third-order valence-corrected chi connectivity index (χ3v) is 9.93. The van der Waals surface area contributed by atoms with Gasteiger partial charge in [-0.25, -0.2) is 8.78 Å². The van der Waals surface area contributed by atoms with Gasteiger partial charge in [0.1, 0.15) is 24.1 Å². The fourth-order valence-electron chi connectivity index (χ4n) is 7.55. The van der Waals surface area contributed by atoms with Crippen molar-refractivity contribution < 1.29 is 13.5 Å². The molecule has 1 unspecified atom stereocenters. The summed E-state index contributed by atoms with van der Waals surface area (Å²) in [5.74, 6) is 0.0432. The maximum Gasteiger partial charge on any atom is 0.319 e. The lowest BCUT2D eigenvalue weighted by molar-refractivity contribution is 0.107. The summed E-state index contributed by atoms with van der Waals surface area (Å²) in [5, 5.41) is 10.4. The quantitative estimate of drug-likeness (QED) is 0.331. The molecule has 0 amide bonds. The molecule has 4 aliphatic rings. The van der Waals surface area contributed by atoms with E-state index in [0.29, 0.717) is 60.9 Å². The van der Waals surface area contributed by atoms with Crippen molar-refractivity contribution in [3.05, 3.63) is 46.7 Å². The average Bonchev–Trinajstić information content (AvgIpc) is 3.40. The third kappa shape index (κ3) is 4.83. The number of alkyl halides is 1. The molecule has 4 aliphatic heterocycles. The number of fused-ring (bicyclic) bond motifs is 3. The summed E-state index contributed by atoms with van der Waals surface area (Å²) >= 11 is 6.89. The summed E-state index contributed by atoms with van der Waals surface area (Å²) < 4.78 is 37.4. The van der Waals surface area contributed by atoms with E-state index >= 15 is 4.39 Å². The van der Waals surface area contributed by atoms with Gasteiger partial charge in [-0.15, -0.1) is 0 Å². The Hall–Kier alpha value is -3.22. The molecule has 10 heteroatoms. The highest BCUT2D eigenvalue weighted by molar-refractivity contribution is 6.34. The number of nitriles is 1. The minimum Gasteiger partial charge on any atom is -0.461 e. The molecule has 7 nitrogen and oxygen atoms in total. The molecule has 3 atom stereocenters. The molecule has 3 saturated heterocycles. The summed E-state index contributed by atoms with van der Waals surface area (Å²) in [6, 6.07) is 12.3. The predicted molar refractivity (Wildman–Crippen MR) is 160 cm³/mol. The van der Waals surface area contributed by atoms with Crippen LogP contribution in [0.25, 0.3) is 10.9 Å². The minimum atomic E-state index is -0.873. The number of benzene rings is 2. The Bertz CT molecular complexity index is 1550. The number of hydrogen-bond acceptors (Lipinski definition) is 7. The van der Waals surface area contributed by atoms with Crippen LogP contribution in [0.3, 0.4) is 0 Å². The van der Waals surface area contributed by atoms with Crippen LogP contribution in [0.2, 0.25) is 5.02 Å². The zero-order valence-electron chi connectivity index (χ0n) is 23.7. The molecule has 0 saturated carbocycles. The van der Waals surface area contributed by atoms with E-state index in [2.05, 4.69) is 26.9 Å². The second kappa shape index (κ2) is 11.1. The van der Waals surface area contributed by atoms with Gasteiger partial charge in [-0.3, -0.25) is 4.90 Å². The number of hydrogen-bond donors (Lipinski definition) is 0. The van der Waals surface area contributed by atoms with Crippen LogP contribution in [-0.2, 0) is 6.42 Å². The molecule has 3 aromatic rings. The molecule has 0 spiro atoms. The van der Waals surface area contributed by atoms with Crippen LogP contribution < -0.4 is 14.5 Å². The fourth-order valence-corrected chi connectivity index (χ4v) is 7.85. The molecule has 3 fully saturated rings. The van der Waals surface area contributed by atoms with E-state index in [1.165, 1.54) is 0 Å². The highest BCUT2D eigenvalue weighted by Gasteiger charge is 2.49. The number of aryl methyl sites for hydroxylation is 1. The Balaban J connectivity index is 1.32. The SMILES string of the molecule is N#CC1CCCN(c2nc(OC[C@@]34CCCN3C[C@H](F)C4)nc3c(F)c(N4CCCc5ccccc54)c(Cl)cc23)CC1. The Labute approximate surface area is 250 Å². The molecule has 2 aromatic carbocycles. The van der Waals surface area contributed by atoms with Crippen LogP contribution in [0.4, 0.5) is 26.0 Å². The standard InChI is InChI=1S/C32H35ClF2N6O/c33-25-16-24-28(27(35)29(25)41-14-4-8-22-7-1-2-9-26(22)41)37-31(38-30(24)39-12-3-6-21(18-36)10-15-39)42-20-32-11-5-13-40(32)19-23(34)17-32/h1-2,7,9,16,21,23H,3-6,8,10-15,17,19-20H2/t21?,23-,32+/m1/s1. The van der Waals surface area contributed by atoms with Gasteiger partial charge < -0.3 is 14.5 Å². The lowest BCUT2D eigenvalue weighted by Gasteiger charge is -2.33. The second-order valence-electron chi connectivity index (χ2n) is 12.2. The minimum absolute atomic E-state index is 0.0200. The van der Waals surface area contributed by atoms with E-state index in [1.54, 1.807) is 6.07 Å². The number of nitrogens with zero attached hydrogens (tertiary/aromatic N) is 6. The maximum absolute atomic E-state index is 16.7. The molecule has 0 aliphatic carbocycles. The van der Waals surface area contributed by atoms with Crippen molar-refractivity contribution in [3.63, 3.8) is 0 Å². The molecule has 7 rings (SSSR count). The fraction of sp³-hybridized carbons (Fsp3) is 0.531. The van der Waals surface area contributed by atoms with Crippen molar-refractivity contribution in [2.24, 2.45) is 5.92 Å². The van der Waals surface area contributed by atoms with Gasteiger partial charge in [-0.1, -0.05) is 29.8 Å². The zero-order valence-corrected chi connectivity index (χ0v) is 24.4. The molecule has 0 radical (unpaired) electrons. The molecule has 42 heavy (non-hydrogen) atoms. The van der Waals surface area contributed by atoms with Gasteiger partial charge in [0.25, 0.3) is 0 Å². The normalized spacial score (nSPS) is 26.1. The van der Waals surface area contributed by atoms with Crippen molar-refractivity contribution in [1.82, 2.24) is 14.9 Å². The first kappa shape index (κ1) is 27.6. The molecule has 0 bridgehead atoms. The van der Waals surface area contributed by atoms with Gasteiger partial charge in [-0.05, 0) is 69.2 Å². The Morgan fingerprint density at radius 2 is 1.98 bits per heavy atom. The first-order valence-electron chi connectivity index (χ1n) is 15.2. The molecule has 0 N–H and O–H groups in total. The van der Waals surface area contributed by atoms with Crippen molar-refractivity contribution in [1.29, 1.82) is 5.26 Å².